The van der Waals surface area contributed by atoms with Gasteiger partial charge in [0.2, 0.25) is 0 Å². The lowest BCUT2D eigenvalue weighted by atomic mass is 10.2. The van der Waals surface area contributed by atoms with E-state index in [-0.39, 0.29) is 35.9 Å². The number of nitrogens with one attached hydrogen (secondary N) is 2. The summed E-state index contributed by atoms with van der Waals surface area (Å²) in [4.78, 5) is 6.41. The summed E-state index contributed by atoms with van der Waals surface area (Å²) in [6.07, 6.45) is 0.163. The second-order valence-corrected chi connectivity index (χ2v) is 5.19. The predicted octanol–water partition coefficient (Wildman–Crippen LogP) is 1.44. The Kier molecular flexibility index (Phi) is 8.66. The maximum absolute atomic E-state index is 13.1. The van der Waals surface area contributed by atoms with Gasteiger partial charge in [0, 0.05) is 33.2 Å². The van der Waals surface area contributed by atoms with E-state index in [1.165, 1.54) is 12.1 Å². The van der Waals surface area contributed by atoms with Crippen LogP contribution in [-0.2, 0) is 11.3 Å². The Bertz CT molecular complexity index is 486. The minimum absolute atomic E-state index is 0. The minimum Gasteiger partial charge on any atom is -0.374 e. The van der Waals surface area contributed by atoms with Crippen molar-refractivity contribution in [3.05, 3.63) is 35.6 Å². The van der Waals surface area contributed by atoms with E-state index in [0.29, 0.717) is 19.0 Å². The Morgan fingerprint density at radius 1 is 1.45 bits per heavy atom. The van der Waals surface area contributed by atoms with Crippen LogP contribution in [0.3, 0.4) is 0 Å². The molecule has 0 radical (unpaired) electrons. The van der Waals surface area contributed by atoms with E-state index in [2.05, 4.69) is 27.6 Å². The van der Waals surface area contributed by atoms with E-state index in [1.807, 2.05) is 6.07 Å². The first kappa shape index (κ1) is 19.1. The standard InChI is InChI=1S/C15H23FN4O.HI/c1-17-15(18-9-12-4-3-5-13(16)8-12)19-10-14-11-20(2)6-7-21-14;/h3-5,8,14H,6-7,9-11H2,1-2H3,(H2,17,18,19);1H. The van der Waals surface area contributed by atoms with E-state index in [0.717, 1.165) is 25.3 Å². The molecule has 1 atom stereocenters. The van der Waals surface area contributed by atoms with Crippen molar-refractivity contribution in [2.45, 2.75) is 12.6 Å². The number of benzene rings is 1. The van der Waals surface area contributed by atoms with Gasteiger partial charge < -0.3 is 20.3 Å². The van der Waals surface area contributed by atoms with E-state index in [1.54, 1.807) is 13.1 Å². The molecule has 2 N–H and O–H groups in total. The van der Waals surface area contributed by atoms with Crippen molar-refractivity contribution in [1.82, 2.24) is 15.5 Å². The molecule has 22 heavy (non-hydrogen) atoms. The van der Waals surface area contributed by atoms with Gasteiger partial charge >= 0.3 is 0 Å². The number of guanidine groups is 1. The molecule has 0 saturated carbocycles. The molecule has 5 nitrogen and oxygen atoms in total. The zero-order valence-corrected chi connectivity index (χ0v) is 15.3. The van der Waals surface area contributed by atoms with Crippen molar-refractivity contribution < 1.29 is 9.13 Å². The van der Waals surface area contributed by atoms with E-state index in [9.17, 15) is 4.39 Å². The lowest BCUT2D eigenvalue weighted by Crippen LogP contribution is -2.48. The van der Waals surface area contributed by atoms with Crippen molar-refractivity contribution in [2.75, 3.05) is 40.3 Å². The van der Waals surface area contributed by atoms with E-state index >= 15 is 0 Å². The summed E-state index contributed by atoms with van der Waals surface area (Å²) in [5.41, 5.74) is 0.881. The van der Waals surface area contributed by atoms with Gasteiger partial charge in [0.15, 0.2) is 5.96 Å². The number of rotatable bonds is 4. The number of likely N-dealkylation sites (N-methyl/N-ethyl adjacent to an activating group) is 1. The smallest absolute Gasteiger partial charge is 0.191 e. The third-order valence-electron chi connectivity index (χ3n) is 3.41. The van der Waals surface area contributed by atoms with Crippen LogP contribution < -0.4 is 10.6 Å². The third kappa shape index (κ3) is 6.45. The van der Waals surface area contributed by atoms with Crippen LogP contribution >= 0.6 is 24.0 Å². The lowest BCUT2D eigenvalue weighted by molar-refractivity contribution is -0.0161. The zero-order chi connectivity index (χ0) is 15.1. The van der Waals surface area contributed by atoms with Crippen LogP contribution in [0.1, 0.15) is 5.56 Å². The molecule has 1 fully saturated rings. The monoisotopic (exact) mass is 422 g/mol. The van der Waals surface area contributed by atoms with Crippen LogP contribution in [0, 0.1) is 5.82 Å². The fourth-order valence-electron chi connectivity index (χ4n) is 2.25. The van der Waals surface area contributed by atoms with E-state index in [4.69, 9.17) is 4.74 Å². The van der Waals surface area contributed by atoms with Crippen molar-refractivity contribution >= 4 is 29.9 Å². The molecule has 0 aliphatic carbocycles. The van der Waals surface area contributed by atoms with Gasteiger partial charge in [-0.05, 0) is 24.7 Å². The van der Waals surface area contributed by atoms with Crippen LogP contribution in [0.15, 0.2) is 29.3 Å². The molecule has 0 bridgehead atoms. The second kappa shape index (κ2) is 9.96. The highest BCUT2D eigenvalue weighted by molar-refractivity contribution is 14.0. The molecule has 1 saturated heterocycles. The van der Waals surface area contributed by atoms with Gasteiger partial charge in [-0.1, -0.05) is 12.1 Å². The number of hydrogen-bond donors (Lipinski definition) is 2. The molecule has 1 unspecified atom stereocenters. The largest absolute Gasteiger partial charge is 0.374 e. The van der Waals surface area contributed by atoms with Crippen LogP contribution in [0.25, 0.3) is 0 Å². The molecule has 0 amide bonds. The SMILES string of the molecule is CN=C(NCc1cccc(F)c1)NCC1CN(C)CCO1.I. The Balaban J connectivity index is 0.00000242. The molecule has 124 valence electrons. The molecule has 1 aliphatic rings. The van der Waals surface area contributed by atoms with Gasteiger partial charge in [-0.25, -0.2) is 4.39 Å². The quantitative estimate of drug-likeness (QED) is 0.438. The van der Waals surface area contributed by atoms with Crippen molar-refractivity contribution in [3.8, 4) is 0 Å². The average molecular weight is 422 g/mol. The Morgan fingerprint density at radius 3 is 2.95 bits per heavy atom. The molecule has 2 rings (SSSR count). The van der Waals surface area contributed by atoms with Gasteiger partial charge in [-0.15, -0.1) is 24.0 Å². The van der Waals surface area contributed by atoms with Crippen molar-refractivity contribution in [1.29, 1.82) is 0 Å². The maximum atomic E-state index is 13.1. The average Bonchev–Trinajstić information content (AvgIpc) is 2.47. The fraction of sp³-hybridized carbons (Fsp3) is 0.533. The highest BCUT2D eigenvalue weighted by Gasteiger charge is 2.17. The van der Waals surface area contributed by atoms with Crippen LogP contribution in [0.2, 0.25) is 0 Å². The van der Waals surface area contributed by atoms with Crippen molar-refractivity contribution in [3.63, 3.8) is 0 Å². The van der Waals surface area contributed by atoms with Gasteiger partial charge in [0.25, 0.3) is 0 Å². The fourth-order valence-corrected chi connectivity index (χ4v) is 2.25. The normalized spacial score (nSPS) is 19.4. The first-order valence-electron chi connectivity index (χ1n) is 7.16. The number of morpholine rings is 1. The summed E-state index contributed by atoms with van der Waals surface area (Å²) >= 11 is 0. The Labute approximate surface area is 148 Å². The number of aliphatic imine (C=N–C) groups is 1. The molecule has 0 aromatic heterocycles. The first-order valence-corrected chi connectivity index (χ1v) is 7.16. The molecule has 7 heteroatoms. The Morgan fingerprint density at radius 2 is 2.27 bits per heavy atom. The van der Waals surface area contributed by atoms with Crippen LogP contribution in [0.4, 0.5) is 4.39 Å². The van der Waals surface area contributed by atoms with Crippen LogP contribution in [-0.4, -0.2) is 57.3 Å². The van der Waals surface area contributed by atoms with Gasteiger partial charge in [-0.2, -0.15) is 0 Å². The maximum Gasteiger partial charge on any atom is 0.191 e. The summed E-state index contributed by atoms with van der Waals surface area (Å²) < 4.78 is 18.8. The highest BCUT2D eigenvalue weighted by Crippen LogP contribution is 2.03. The summed E-state index contributed by atoms with van der Waals surface area (Å²) in [5.74, 6) is 0.465. The third-order valence-corrected chi connectivity index (χ3v) is 3.41. The van der Waals surface area contributed by atoms with Crippen LogP contribution in [0.5, 0.6) is 0 Å². The topological polar surface area (TPSA) is 48.9 Å². The summed E-state index contributed by atoms with van der Waals surface area (Å²) in [6, 6.07) is 6.53. The number of ether oxygens (including phenoxy) is 1. The summed E-state index contributed by atoms with van der Waals surface area (Å²) in [6.45, 7) is 3.88. The highest BCUT2D eigenvalue weighted by atomic mass is 127. The summed E-state index contributed by atoms with van der Waals surface area (Å²) in [7, 11) is 3.81. The number of halogens is 2. The van der Waals surface area contributed by atoms with Gasteiger partial charge in [0.1, 0.15) is 5.82 Å². The van der Waals surface area contributed by atoms with Gasteiger partial charge in [0.05, 0.1) is 12.7 Å². The molecular weight excluding hydrogens is 398 g/mol. The zero-order valence-electron chi connectivity index (χ0n) is 13.0. The predicted molar refractivity (Wildman–Crippen MR) is 97.3 cm³/mol. The molecular formula is C15H24FIN4O. The number of nitrogens with zero attached hydrogens (tertiary/aromatic N) is 2. The lowest BCUT2D eigenvalue weighted by Gasteiger charge is -2.30. The minimum atomic E-state index is -0.226. The molecule has 1 heterocycles. The van der Waals surface area contributed by atoms with Gasteiger partial charge in [-0.3, -0.25) is 4.99 Å². The second-order valence-electron chi connectivity index (χ2n) is 5.19. The first-order chi connectivity index (χ1) is 10.2. The van der Waals surface area contributed by atoms with E-state index < -0.39 is 0 Å². The molecule has 1 aromatic carbocycles. The number of hydrogen-bond acceptors (Lipinski definition) is 3. The summed E-state index contributed by atoms with van der Waals surface area (Å²) in [5, 5.41) is 6.40. The molecule has 0 spiro atoms. The Hall–Kier alpha value is -0.930. The molecule has 1 aliphatic heterocycles. The van der Waals surface area contributed by atoms with Crippen molar-refractivity contribution in [2.24, 2.45) is 4.99 Å². The molecule has 1 aromatic rings.